The summed E-state index contributed by atoms with van der Waals surface area (Å²) in [5.74, 6) is 1.12. The van der Waals surface area contributed by atoms with Gasteiger partial charge in [0.1, 0.15) is 11.4 Å². The van der Waals surface area contributed by atoms with Crippen molar-refractivity contribution in [2.75, 3.05) is 0 Å². The predicted octanol–water partition coefficient (Wildman–Crippen LogP) is 4.12. The second-order valence-electron chi connectivity index (χ2n) is 4.77. The molecule has 0 aromatic heterocycles. The lowest BCUT2D eigenvalue weighted by atomic mass is 9.92. The van der Waals surface area contributed by atoms with E-state index in [1.54, 1.807) is 0 Å². The zero-order valence-electron chi connectivity index (χ0n) is 9.56. The second kappa shape index (κ2) is 3.82. The molecule has 1 aliphatic rings. The van der Waals surface area contributed by atoms with Crippen LogP contribution in [0.4, 0.5) is 0 Å². The Labute approximate surface area is 100.0 Å². The van der Waals surface area contributed by atoms with Gasteiger partial charge in [-0.2, -0.15) is 0 Å². The molecule has 0 unspecified atom stereocenters. The zero-order chi connectivity index (χ0) is 11.1. The highest BCUT2D eigenvalue weighted by Crippen LogP contribution is 2.37. The van der Waals surface area contributed by atoms with Gasteiger partial charge in [-0.3, -0.25) is 0 Å². The fourth-order valence-corrected chi connectivity index (χ4v) is 2.61. The van der Waals surface area contributed by atoms with Crippen LogP contribution in [0.2, 0.25) is 0 Å². The molecule has 1 aromatic carbocycles. The van der Waals surface area contributed by atoms with Gasteiger partial charge >= 0.3 is 0 Å². The van der Waals surface area contributed by atoms with Gasteiger partial charge in [-0.05, 0) is 56.4 Å². The Balaban J connectivity index is 2.48. The highest BCUT2D eigenvalue weighted by atomic mass is 79.9. The van der Waals surface area contributed by atoms with Gasteiger partial charge in [-0.1, -0.05) is 22.9 Å². The minimum Gasteiger partial charge on any atom is -0.487 e. The molecule has 1 heterocycles. The summed E-state index contributed by atoms with van der Waals surface area (Å²) in [6, 6.07) is 4.35. The molecular formula is C13H17BrO. The lowest BCUT2D eigenvalue weighted by Crippen LogP contribution is -2.33. The maximum absolute atomic E-state index is 6.08. The van der Waals surface area contributed by atoms with E-state index in [0.29, 0.717) is 0 Å². The van der Waals surface area contributed by atoms with Crippen LogP contribution >= 0.6 is 15.9 Å². The third kappa shape index (κ3) is 2.20. The fraction of sp³-hybridized carbons (Fsp3) is 0.538. The van der Waals surface area contributed by atoms with E-state index in [1.165, 1.54) is 15.6 Å². The molecule has 0 bridgehead atoms. The van der Waals surface area contributed by atoms with Crippen molar-refractivity contribution < 1.29 is 4.74 Å². The Kier molecular flexibility index (Phi) is 2.80. The average Bonchev–Trinajstić information content (AvgIpc) is 2.17. The number of hydrogen-bond acceptors (Lipinski definition) is 1. The molecule has 0 radical (unpaired) electrons. The quantitative estimate of drug-likeness (QED) is 0.745. The van der Waals surface area contributed by atoms with Crippen molar-refractivity contribution in [3.8, 4) is 5.75 Å². The first kappa shape index (κ1) is 11.0. The van der Waals surface area contributed by atoms with Crippen molar-refractivity contribution >= 4 is 15.9 Å². The summed E-state index contributed by atoms with van der Waals surface area (Å²) in [4.78, 5) is 0. The van der Waals surface area contributed by atoms with Gasteiger partial charge < -0.3 is 4.74 Å². The number of aryl methyl sites for hydroxylation is 2. The molecule has 0 fully saturated rings. The summed E-state index contributed by atoms with van der Waals surface area (Å²) < 4.78 is 7.24. The largest absolute Gasteiger partial charge is 0.487 e. The molecule has 0 aliphatic carbocycles. The predicted molar refractivity (Wildman–Crippen MR) is 66.5 cm³/mol. The second-order valence-corrected chi connectivity index (χ2v) is 5.68. The molecule has 0 atom stereocenters. The van der Waals surface area contributed by atoms with Crippen molar-refractivity contribution in [2.24, 2.45) is 0 Å². The lowest BCUT2D eigenvalue weighted by Gasteiger charge is -2.34. The van der Waals surface area contributed by atoms with Crippen molar-refractivity contribution in [1.29, 1.82) is 0 Å². The van der Waals surface area contributed by atoms with Gasteiger partial charge in [-0.15, -0.1) is 0 Å². The molecule has 15 heavy (non-hydrogen) atoms. The molecular weight excluding hydrogens is 252 g/mol. The van der Waals surface area contributed by atoms with Gasteiger partial charge in [0.2, 0.25) is 0 Å². The number of fused-ring (bicyclic) bond motifs is 1. The highest BCUT2D eigenvalue weighted by Gasteiger charge is 2.28. The van der Waals surface area contributed by atoms with Gasteiger partial charge in [0.15, 0.2) is 0 Å². The topological polar surface area (TPSA) is 9.23 Å². The van der Waals surface area contributed by atoms with E-state index in [2.05, 4.69) is 48.8 Å². The Bertz CT molecular complexity index is 365. The van der Waals surface area contributed by atoms with E-state index in [0.717, 1.165) is 25.0 Å². The van der Waals surface area contributed by atoms with Crippen molar-refractivity contribution in [3.05, 3.63) is 27.7 Å². The SMILES string of the molecule is CCc1cc(Br)cc2c1OC(C)(C)CC2. The molecule has 82 valence electrons. The molecule has 1 aromatic rings. The Morgan fingerprint density at radius 3 is 2.80 bits per heavy atom. The van der Waals surface area contributed by atoms with E-state index in [4.69, 9.17) is 4.74 Å². The first-order valence-electron chi connectivity index (χ1n) is 5.52. The normalized spacial score (nSPS) is 18.1. The third-order valence-electron chi connectivity index (χ3n) is 2.96. The van der Waals surface area contributed by atoms with Crippen molar-refractivity contribution in [3.63, 3.8) is 0 Å². The maximum atomic E-state index is 6.08. The van der Waals surface area contributed by atoms with Gasteiger partial charge in [0, 0.05) is 4.47 Å². The zero-order valence-corrected chi connectivity index (χ0v) is 11.1. The summed E-state index contributed by atoms with van der Waals surface area (Å²) in [5, 5.41) is 0. The summed E-state index contributed by atoms with van der Waals surface area (Å²) in [5.41, 5.74) is 2.65. The van der Waals surface area contributed by atoms with Gasteiger partial charge in [-0.25, -0.2) is 0 Å². The van der Waals surface area contributed by atoms with Crippen molar-refractivity contribution in [2.45, 2.75) is 45.6 Å². The number of rotatable bonds is 1. The summed E-state index contributed by atoms with van der Waals surface area (Å²) in [7, 11) is 0. The summed E-state index contributed by atoms with van der Waals surface area (Å²) in [6.07, 6.45) is 3.24. The summed E-state index contributed by atoms with van der Waals surface area (Å²) >= 11 is 3.56. The minimum atomic E-state index is -0.00918. The van der Waals surface area contributed by atoms with Crippen molar-refractivity contribution in [1.82, 2.24) is 0 Å². The van der Waals surface area contributed by atoms with E-state index >= 15 is 0 Å². The molecule has 1 nitrogen and oxygen atoms in total. The Hall–Kier alpha value is -0.500. The molecule has 1 aliphatic heterocycles. The van der Waals surface area contributed by atoms with Crippen LogP contribution in [-0.2, 0) is 12.8 Å². The van der Waals surface area contributed by atoms with Crippen LogP contribution in [0.1, 0.15) is 38.3 Å². The van der Waals surface area contributed by atoms with E-state index in [-0.39, 0.29) is 5.60 Å². The third-order valence-corrected chi connectivity index (χ3v) is 3.42. The molecule has 2 rings (SSSR count). The van der Waals surface area contributed by atoms with Gasteiger partial charge in [0.05, 0.1) is 0 Å². The molecule has 0 spiro atoms. The van der Waals surface area contributed by atoms with E-state index in [1.807, 2.05) is 0 Å². The monoisotopic (exact) mass is 268 g/mol. The average molecular weight is 269 g/mol. The number of benzene rings is 1. The standard InChI is InChI=1S/C13H17BrO/c1-4-9-7-11(14)8-10-5-6-13(2,3)15-12(9)10/h7-8H,4-6H2,1-3H3. The molecule has 2 heteroatoms. The number of ether oxygens (including phenoxy) is 1. The Morgan fingerprint density at radius 1 is 1.40 bits per heavy atom. The van der Waals surface area contributed by atoms with Crippen LogP contribution in [0.3, 0.4) is 0 Å². The molecule has 0 saturated heterocycles. The van der Waals surface area contributed by atoms with Crippen LogP contribution in [0.5, 0.6) is 5.75 Å². The van der Waals surface area contributed by atoms with Gasteiger partial charge in [0.25, 0.3) is 0 Å². The minimum absolute atomic E-state index is 0.00918. The highest BCUT2D eigenvalue weighted by molar-refractivity contribution is 9.10. The van der Waals surface area contributed by atoms with Crippen LogP contribution in [0.15, 0.2) is 16.6 Å². The van der Waals surface area contributed by atoms with Crippen LogP contribution in [0.25, 0.3) is 0 Å². The Morgan fingerprint density at radius 2 is 2.13 bits per heavy atom. The molecule has 0 N–H and O–H groups in total. The summed E-state index contributed by atoms with van der Waals surface area (Å²) in [6.45, 7) is 6.50. The first-order chi connectivity index (χ1) is 7.02. The fourth-order valence-electron chi connectivity index (χ4n) is 2.05. The lowest BCUT2D eigenvalue weighted by molar-refractivity contribution is 0.0833. The smallest absolute Gasteiger partial charge is 0.126 e. The molecule has 0 saturated carbocycles. The number of halogens is 1. The van der Waals surface area contributed by atoms with E-state index < -0.39 is 0 Å². The number of hydrogen-bond donors (Lipinski definition) is 0. The van der Waals surface area contributed by atoms with E-state index in [9.17, 15) is 0 Å². The van der Waals surface area contributed by atoms with Crippen LogP contribution in [0, 0.1) is 0 Å². The first-order valence-corrected chi connectivity index (χ1v) is 6.31. The molecule has 0 amide bonds. The van der Waals surface area contributed by atoms with Crippen LogP contribution < -0.4 is 4.74 Å². The van der Waals surface area contributed by atoms with Crippen LogP contribution in [-0.4, -0.2) is 5.60 Å². The maximum Gasteiger partial charge on any atom is 0.126 e.